The fourth-order valence-corrected chi connectivity index (χ4v) is 3.11. The Balaban J connectivity index is 1.51. The first-order valence-corrected chi connectivity index (χ1v) is 10.2. The molecule has 0 amide bonds. The number of hydrogen-bond acceptors (Lipinski definition) is 6. The summed E-state index contributed by atoms with van der Waals surface area (Å²) >= 11 is 0. The molecule has 3 aromatic rings. The second-order valence-corrected chi connectivity index (χ2v) is 8.10. The summed E-state index contributed by atoms with van der Waals surface area (Å²) in [7, 11) is 0. The molecule has 0 bridgehead atoms. The first-order valence-electron chi connectivity index (χ1n) is 10.2. The van der Waals surface area contributed by atoms with Crippen molar-refractivity contribution in [3.63, 3.8) is 0 Å². The van der Waals surface area contributed by atoms with Gasteiger partial charge in [0.15, 0.2) is 11.6 Å². The van der Waals surface area contributed by atoms with E-state index in [1.807, 2.05) is 0 Å². The first kappa shape index (κ1) is 22.5. The Hall–Kier alpha value is -3.68. The van der Waals surface area contributed by atoms with Crippen LogP contribution in [0.5, 0.6) is 5.75 Å². The lowest BCUT2D eigenvalue weighted by atomic mass is 10.1. The minimum Gasteiger partial charge on any atom is -0.489 e. The lowest BCUT2D eigenvalue weighted by Crippen LogP contribution is -2.23. The Morgan fingerprint density at radius 2 is 2.06 bits per heavy atom. The maximum Gasteiger partial charge on any atom is 0.410 e. The Kier molecular flexibility index (Phi) is 5.69. The van der Waals surface area contributed by atoms with Crippen LogP contribution < -0.4 is 10.1 Å². The molecule has 1 fully saturated rings. The van der Waals surface area contributed by atoms with Crippen LogP contribution in [0.25, 0.3) is 11.3 Å². The van der Waals surface area contributed by atoms with Gasteiger partial charge in [0.05, 0.1) is 29.1 Å². The van der Waals surface area contributed by atoms with Gasteiger partial charge in [-0.05, 0) is 50.5 Å². The van der Waals surface area contributed by atoms with E-state index in [-0.39, 0.29) is 24.0 Å². The van der Waals surface area contributed by atoms with Gasteiger partial charge in [0.2, 0.25) is 5.95 Å². The van der Waals surface area contributed by atoms with E-state index in [0.29, 0.717) is 16.8 Å². The van der Waals surface area contributed by atoms with Gasteiger partial charge in [-0.3, -0.25) is 4.68 Å². The van der Waals surface area contributed by atoms with Gasteiger partial charge < -0.3 is 10.1 Å². The Bertz CT molecular complexity index is 1210. The summed E-state index contributed by atoms with van der Waals surface area (Å²) in [4.78, 5) is 8.53. The Morgan fingerprint density at radius 1 is 1.30 bits per heavy atom. The molecule has 2 heterocycles. The third kappa shape index (κ3) is 4.89. The number of aryl methyl sites for hydroxylation is 1. The van der Waals surface area contributed by atoms with E-state index in [2.05, 4.69) is 26.5 Å². The van der Waals surface area contributed by atoms with Crippen molar-refractivity contribution in [2.45, 2.75) is 38.9 Å². The molecule has 7 nitrogen and oxygen atoms in total. The zero-order valence-electron chi connectivity index (χ0n) is 17.8. The van der Waals surface area contributed by atoms with E-state index in [9.17, 15) is 17.6 Å². The van der Waals surface area contributed by atoms with Gasteiger partial charge in [-0.15, -0.1) is 0 Å². The van der Waals surface area contributed by atoms with E-state index in [1.165, 1.54) is 30.7 Å². The summed E-state index contributed by atoms with van der Waals surface area (Å²) in [6.45, 7) is 2.90. The van der Waals surface area contributed by atoms with Gasteiger partial charge >= 0.3 is 6.18 Å². The third-order valence-corrected chi connectivity index (χ3v) is 5.50. The largest absolute Gasteiger partial charge is 0.489 e. The molecule has 1 aliphatic carbocycles. The van der Waals surface area contributed by atoms with E-state index in [4.69, 9.17) is 10.00 Å². The second kappa shape index (κ2) is 8.35. The summed E-state index contributed by atoms with van der Waals surface area (Å²) in [6, 6.07) is 4.82. The highest BCUT2D eigenvalue weighted by molar-refractivity contribution is 5.65. The number of alkyl halides is 3. The van der Waals surface area contributed by atoms with E-state index < -0.39 is 23.5 Å². The summed E-state index contributed by atoms with van der Waals surface area (Å²) in [6.07, 6.45) is 1.04. The number of nitrogens with one attached hydrogen (secondary N) is 1. The molecule has 1 atom stereocenters. The lowest BCUT2D eigenvalue weighted by Gasteiger charge is -2.15. The number of rotatable bonds is 7. The molecule has 1 unspecified atom stereocenters. The molecule has 0 radical (unpaired) electrons. The zero-order chi connectivity index (χ0) is 23.8. The first-order chi connectivity index (χ1) is 15.6. The number of ether oxygens (including phenoxy) is 1. The number of hydrogen-bond donors (Lipinski definition) is 1. The van der Waals surface area contributed by atoms with Crippen molar-refractivity contribution < 1.29 is 22.3 Å². The Morgan fingerprint density at radius 3 is 2.70 bits per heavy atom. The topological polar surface area (TPSA) is 88.7 Å². The summed E-state index contributed by atoms with van der Waals surface area (Å²) in [5.41, 5.74) is 1.37. The quantitative estimate of drug-likeness (QED) is 0.479. The number of halogens is 4. The molecular formula is C22H20F4N6O. The minimum atomic E-state index is -4.43. The van der Waals surface area contributed by atoms with Crippen LogP contribution in [-0.4, -0.2) is 32.5 Å². The molecular weight excluding hydrogens is 440 g/mol. The Labute approximate surface area is 187 Å². The summed E-state index contributed by atoms with van der Waals surface area (Å²) < 4.78 is 59.6. The summed E-state index contributed by atoms with van der Waals surface area (Å²) in [5.74, 6) is -0.409. The van der Waals surface area contributed by atoms with Gasteiger partial charge in [0.25, 0.3) is 0 Å². The van der Waals surface area contributed by atoms with Gasteiger partial charge in [-0.2, -0.15) is 23.5 Å². The van der Waals surface area contributed by atoms with Gasteiger partial charge in [0.1, 0.15) is 12.6 Å². The second-order valence-electron chi connectivity index (χ2n) is 8.10. The molecule has 172 valence electrons. The average molecular weight is 460 g/mol. The lowest BCUT2D eigenvalue weighted by molar-refractivity contribution is -0.165. The van der Waals surface area contributed by atoms with Crippen LogP contribution in [0.2, 0.25) is 0 Å². The van der Waals surface area contributed by atoms with E-state index in [1.54, 1.807) is 13.0 Å². The maximum atomic E-state index is 14.6. The van der Waals surface area contributed by atoms with Gasteiger partial charge in [-0.25, -0.2) is 14.4 Å². The maximum absolute atomic E-state index is 14.6. The van der Waals surface area contributed by atoms with Crippen LogP contribution in [0, 0.1) is 29.5 Å². The molecule has 1 saturated carbocycles. The predicted molar refractivity (Wildman–Crippen MR) is 111 cm³/mol. The molecule has 1 N–H and O–H groups in total. The van der Waals surface area contributed by atoms with Crippen LogP contribution in [0.4, 0.5) is 29.2 Å². The zero-order valence-corrected chi connectivity index (χ0v) is 17.8. The van der Waals surface area contributed by atoms with Crippen LogP contribution in [0.1, 0.15) is 31.4 Å². The van der Waals surface area contributed by atoms with Gasteiger partial charge in [-0.1, -0.05) is 0 Å². The number of nitriles is 1. The van der Waals surface area contributed by atoms with Crippen molar-refractivity contribution >= 4 is 11.6 Å². The smallest absolute Gasteiger partial charge is 0.410 e. The fraction of sp³-hybridized carbons (Fsp3) is 0.364. The fourth-order valence-electron chi connectivity index (χ4n) is 3.11. The number of benzene rings is 1. The molecule has 33 heavy (non-hydrogen) atoms. The van der Waals surface area contributed by atoms with Crippen LogP contribution in [-0.2, 0) is 0 Å². The van der Waals surface area contributed by atoms with Crippen molar-refractivity contribution in [3.8, 4) is 23.1 Å². The molecule has 0 spiro atoms. The average Bonchev–Trinajstić information content (AvgIpc) is 3.42. The van der Waals surface area contributed by atoms with Crippen molar-refractivity contribution in [1.29, 1.82) is 5.26 Å². The SMILES string of the molecule is Cc1cnc(Nc2cnn(C(C)C(F)(F)F)c2)nc1-c1ccc(OCC2(C#N)CC2)c(F)c1. The van der Waals surface area contributed by atoms with E-state index >= 15 is 0 Å². The number of nitrogens with zero attached hydrogens (tertiary/aromatic N) is 5. The normalized spacial score (nSPS) is 15.5. The monoisotopic (exact) mass is 460 g/mol. The highest BCUT2D eigenvalue weighted by Gasteiger charge is 2.44. The minimum absolute atomic E-state index is 0.0523. The van der Waals surface area contributed by atoms with Crippen molar-refractivity contribution in [2.24, 2.45) is 5.41 Å². The molecule has 2 aromatic heterocycles. The van der Waals surface area contributed by atoms with Crippen molar-refractivity contribution in [1.82, 2.24) is 19.7 Å². The third-order valence-electron chi connectivity index (χ3n) is 5.50. The van der Waals surface area contributed by atoms with Crippen molar-refractivity contribution in [2.75, 3.05) is 11.9 Å². The van der Waals surface area contributed by atoms with Crippen LogP contribution in [0.15, 0.2) is 36.8 Å². The van der Waals surface area contributed by atoms with Gasteiger partial charge in [0, 0.05) is 18.0 Å². The number of aromatic nitrogens is 4. The molecule has 4 rings (SSSR count). The van der Waals surface area contributed by atoms with Crippen molar-refractivity contribution in [3.05, 3.63) is 48.2 Å². The summed E-state index contributed by atoms with van der Waals surface area (Å²) in [5, 5.41) is 15.7. The highest BCUT2D eigenvalue weighted by Crippen LogP contribution is 2.45. The van der Waals surface area contributed by atoms with Crippen LogP contribution >= 0.6 is 0 Å². The van der Waals surface area contributed by atoms with E-state index in [0.717, 1.165) is 24.4 Å². The standard InChI is InChI=1S/C22H20F4N6O/c1-13-8-28-20(30-16-9-29-32(10-16)14(2)22(24,25)26)31-19(13)15-3-4-18(17(23)7-15)33-12-21(11-27)5-6-21/h3-4,7-10,14H,5-6,12H2,1-2H3,(H,28,30,31). The molecule has 1 aromatic carbocycles. The van der Waals surface area contributed by atoms with Crippen LogP contribution in [0.3, 0.4) is 0 Å². The number of anilines is 2. The molecule has 0 aliphatic heterocycles. The molecule has 11 heteroatoms. The molecule has 1 aliphatic rings. The predicted octanol–water partition coefficient (Wildman–Crippen LogP) is 5.34. The highest BCUT2D eigenvalue weighted by atomic mass is 19.4. The molecule has 0 saturated heterocycles.